The summed E-state index contributed by atoms with van der Waals surface area (Å²) in [6.45, 7) is 0.119. The molecule has 1 unspecified atom stereocenters. The van der Waals surface area contributed by atoms with E-state index in [1.54, 1.807) is 0 Å². The summed E-state index contributed by atoms with van der Waals surface area (Å²) in [5.74, 6) is -0.505. The molecule has 3 rings (SSSR count). The zero-order valence-corrected chi connectivity index (χ0v) is 16.8. The molecule has 11 heteroatoms. The fourth-order valence-corrected chi connectivity index (χ4v) is 3.52. The summed E-state index contributed by atoms with van der Waals surface area (Å²) in [6.07, 6.45) is -1.10. The number of carbonyl (C=O) groups excluding carboxylic acids is 1. The van der Waals surface area contributed by atoms with Crippen LogP contribution in [0.5, 0.6) is 5.75 Å². The Balaban J connectivity index is 2.05. The summed E-state index contributed by atoms with van der Waals surface area (Å²) in [5, 5.41) is 9.14. The molecule has 0 aliphatic carbocycles. The van der Waals surface area contributed by atoms with Gasteiger partial charge in [-0.05, 0) is 31.0 Å². The summed E-state index contributed by atoms with van der Waals surface area (Å²) >= 11 is 0. The molecule has 0 saturated carbocycles. The highest BCUT2D eigenvalue weighted by molar-refractivity contribution is 5.81. The van der Waals surface area contributed by atoms with E-state index in [2.05, 4.69) is 4.98 Å². The number of carbonyl (C=O) groups is 1. The lowest BCUT2D eigenvalue weighted by Crippen LogP contribution is -2.45. The third-order valence-electron chi connectivity index (χ3n) is 5.00. The van der Waals surface area contributed by atoms with E-state index in [-0.39, 0.29) is 42.7 Å². The zero-order chi connectivity index (χ0) is 22.6. The topological polar surface area (TPSA) is 93.9 Å². The number of likely N-dealkylation sites (tertiary alicyclic amines) is 1. The number of rotatable bonds is 7. The number of nitrogens with zero attached hydrogens (tertiary/aromatic N) is 3. The van der Waals surface area contributed by atoms with Gasteiger partial charge in [0.05, 0.1) is 24.1 Å². The van der Waals surface area contributed by atoms with Crippen molar-refractivity contribution in [3.8, 4) is 16.9 Å². The predicted molar refractivity (Wildman–Crippen MR) is 103 cm³/mol. The van der Waals surface area contributed by atoms with Crippen molar-refractivity contribution in [2.45, 2.75) is 25.1 Å². The van der Waals surface area contributed by atoms with Crippen molar-refractivity contribution in [3.05, 3.63) is 46.6 Å². The minimum atomic E-state index is -4.59. The lowest BCUT2D eigenvalue weighted by Gasteiger charge is -2.32. The fourth-order valence-electron chi connectivity index (χ4n) is 3.52. The number of amides is 1. The molecule has 2 heterocycles. The third kappa shape index (κ3) is 4.88. The summed E-state index contributed by atoms with van der Waals surface area (Å²) in [4.78, 5) is 31.4. The molecule has 1 amide bonds. The second kappa shape index (κ2) is 9.48. The van der Waals surface area contributed by atoms with Crippen molar-refractivity contribution in [1.29, 1.82) is 0 Å². The van der Waals surface area contributed by atoms with Gasteiger partial charge in [0, 0.05) is 32.0 Å². The maximum atomic E-state index is 13.2. The maximum absolute atomic E-state index is 13.2. The number of aliphatic hydroxyl groups is 1. The van der Waals surface area contributed by atoms with Crippen LogP contribution in [0, 0.1) is 0 Å². The first kappa shape index (κ1) is 22.8. The van der Waals surface area contributed by atoms with Gasteiger partial charge in [0.15, 0.2) is 6.79 Å². The van der Waals surface area contributed by atoms with E-state index in [0.29, 0.717) is 19.4 Å². The van der Waals surface area contributed by atoms with E-state index in [4.69, 9.17) is 14.6 Å². The summed E-state index contributed by atoms with van der Waals surface area (Å²) < 4.78 is 50.6. The van der Waals surface area contributed by atoms with Crippen molar-refractivity contribution in [2.75, 3.05) is 33.6 Å². The molecule has 1 atom stereocenters. The van der Waals surface area contributed by atoms with Gasteiger partial charge in [-0.1, -0.05) is 0 Å². The molecule has 1 N–H and O–H groups in total. The first-order valence-electron chi connectivity index (χ1n) is 9.57. The SMILES string of the molecule is COCOc1cc(C(F)(F)F)ccc1-c1cncn(C2CCCN(CCO)C2=O)c1=O. The number of β-amino-alcohol motifs (C(OH)–C–C–N with tert-alkyl or cyclic N) is 1. The normalized spacial score (nSPS) is 17.1. The molecule has 0 bridgehead atoms. The molecule has 0 spiro atoms. The Bertz CT molecular complexity index is 991. The average molecular weight is 441 g/mol. The second-order valence-electron chi connectivity index (χ2n) is 6.99. The second-order valence-corrected chi connectivity index (χ2v) is 6.99. The van der Waals surface area contributed by atoms with E-state index >= 15 is 0 Å². The van der Waals surface area contributed by atoms with Crippen molar-refractivity contribution in [2.24, 2.45) is 0 Å². The lowest BCUT2D eigenvalue weighted by atomic mass is 10.0. The molecule has 1 aliphatic rings. The maximum Gasteiger partial charge on any atom is 0.416 e. The highest BCUT2D eigenvalue weighted by atomic mass is 19.4. The molecule has 8 nitrogen and oxygen atoms in total. The Hall–Kier alpha value is -2.92. The van der Waals surface area contributed by atoms with Crippen molar-refractivity contribution >= 4 is 5.91 Å². The third-order valence-corrected chi connectivity index (χ3v) is 5.00. The zero-order valence-electron chi connectivity index (χ0n) is 16.8. The van der Waals surface area contributed by atoms with Gasteiger partial charge in [-0.25, -0.2) is 4.98 Å². The van der Waals surface area contributed by atoms with Crippen LogP contribution in [0.1, 0.15) is 24.4 Å². The molecule has 1 saturated heterocycles. The van der Waals surface area contributed by atoms with E-state index in [0.717, 1.165) is 18.2 Å². The summed E-state index contributed by atoms with van der Waals surface area (Å²) in [5.41, 5.74) is -1.42. The first-order valence-corrected chi connectivity index (χ1v) is 9.57. The van der Waals surface area contributed by atoms with E-state index in [1.165, 1.54) is 29.1 Å². The van der Waals surface area contributed by atoms with Crippen LogP contribution in [0.15, 0.2) is 35.5 Å². The largest absolute Gasteiger partial charge is 0.467 e. The van der Waals surface area contributed by atoms with Crippen LogP contribution in [-0.2, 0) is 15.7 Å². The smallest absolute Gasteiger partial charge is 0.416 e. The number of hydrogen-bond acceptors (Lipinski definition) is 6. The highest BCUT2D eigenvalue weighted by Crippen LogP contribution is 2.36. The van der Waals surface area contributed by atoms with E-state index in [1.807, 2.05) is 0 Å². The van der Waals surface area contributed by atoms with Crippen molar-refractivity contribution in [1.82, 2.24) is 14.5 Å². The van der Waals surface area contributed by atoms with Gasteiger partial charge in [-0.15, -0.1) is 0 Å². The monoisotopic (exact) mass is 441 g/mol. The van der Waals surface area contributed by atoms with Crippen molar-refractivity contribution in [3.63, 3.8) is 0 Å². The van der Waals surface area contributed by atoms with E-state index < -0.39 is 23.3 Å². The molecule has 31 heavy (non-hydrogen) atoms. The van der Waals surface area contributed by atoms with Crippen LogP contribution >= 0.6 is 0 Å². The highest BCUT2D eigenvalue weighted by Gasteiger charge is 2.33. The van der Waals surface area contributed by atoms with Gasteiger partial charge in [-0.2, -0.15) is 13.2 Å². The fraction of sp³-hybridized carbons (Fsp3) is 0.450. The average Bonchev–Trinajstić information content (AvgIpc) is 2.74. The summed E-state index contributed by atoms with van der Waals surface area (Å²) in [6, 6.07) is 1.97. The molecule has 168 valence electrons. The van der Waals surface area contributed by atoms with Gasteiger partial charge >= 0.3 is 6.18 Å². The number of aliphatic hydroxyl groups excluding tert-OH is 1. The molecule has 1 fully saturated rings. The molecule has 1 aliphatic heterocycles. The van der Waals surface area contributed by atoms with Crippen LogP contribution in [0.4, 0.5) is 13.2 Å². The van der Waals surface area contributed by atoms with Crippen LogP contribution in [0.25, 0.3) is 11.1 Å². The quantitative estimate of drug-likeness (QED) is 0.662. The number of halogens is 3. The minimum absolute atomic E-state index is 0.00518. The van der Waals surface area contributed by atoms with Gasteiger partial charge < -0.3 is 19.5 Å². The van der Waals surface area contributed by atoms with Crippen LogP contribution < -0.4 is 10.3 Å². The number of ether oxygens (including phenoxy) is 2. The summed E-state index contributed by atoms with van der Waals surface area (Å²) in [7, 11) is 1.32. The number of alkyl halides is 3. The number of hydrogen-bond donors (Lipinski definition) is 1. The van der Waals surface area contributed by atoms with Gasteiger partial charge in [0.1, 0.15) is 11.8 Å². The Kier molecular flexibility index (Phi) is 6.96. The molecule has 1 aromatic carbocycles. The van der Waals surface area contributed by atoms with Crippen LogP contribution in [-0.4, -0.2) is 59.1 Å². The number of piperidine rings is 1. The molecular weight excluding hydrogens is 419 g/mol. The van der Waals surface area contributed by atoms with Crippen molar-refractivity contribution < 1.29 is 32.5 Å². The van der Waals surface area contributed by atoms with Crippen LogP contribution in [0.3, 0.4) is 0 Å². The standard InChI is InChI=1S/C20H22F3N3O5/c1-30-12-31-17-9-13(20(21,22)23)4-5-14(17)15-10-24-11-26(18(15)28)16-3-2-6-25(7-8-27)19(16)29/h4-5,9-11,16,27H,2-3,6-8,12H2,1H3. The molecule has 0 radical (unpaired) electrons. The lowest BCUT2D eigenvalue weighted by molar-refractivity contribution is -0.138. The van der Waals surface area contributed by atoms with Gasteiger partial charge in [0.25, 0.3) is 5.56 Å². The molecule has 2 aromatic rings. The molecular formula is C20H22F3N3O5. The van der Waals surface area contributed by atoms with Crippen LogP contribution in [0.2, 0.25) is 0 Å². The Morgan fingerprint density at radius 1 is 1.26 bits per heavy atom. The van der Waals surface area contributed by atoms with Gasteiger partial charge in [0.2, 0.25) is 5.91 Å². The molecule has 1 aromatic heterocycles. The Labute approximate surface area is 175 Å². The Morgan fingerprint density at radius 3 is 2.71 bits per heavy atom. The number of methoxy groups -OCH3 is 1. The minimum Gasteiger partial charge on any atom is -0.467 e. The first-order chi connectivity index (χ1) is 14.8. The Morgan fingerprint density at radius 2 is 2.03 bits per heavy atom. The van der Waals surface area contributed by atoms with E-state index in [9.17, 15) is 22.8 Å². The number of aromatic nitrogens is 2. The number of benzene rings is 1. The van der Waals surface area contributed by atoms with Gasteiger partial charge in [-0.3, -0.25) is 14.2 Å². The predicted octanol–water partition coefficient (Wildman–Crippen LogP) is 2.07.